The van der Waals surface area contributed by atoms with Gasteiger partial charge in [0.25, 0.3) is 0 Å². The second-order valence-corrected chi connectivity index (χ2v) is 5.00. The lowest BCUT2D eigenvalue weighted by Crippen LogP contribution is -2.37. The Kier molecular flexibility index (Phi) is 5.76. The fourth-order valence-electron chi connectivity index (χ4n) is 2.30. The summed E-state index contributed by atoms with van der Waals surface area (Å²) in [5.74, 6) is 1.92. The Morgan fingerprint density at radius 1 is 1.41 bits per heavy atom. The smallest absolute Gasteiger partial charge is 0.191 e. The first kappa shape index (κ1) is 14.8. The van der Waals surface area contributed by atoms with Crippen molar-refractivity contribution in [2.24, 2.45) is 16.3 Å². The number of nitrogens with one attached hydrogen (secondary N) is 2. The Morgan fingerprint density at radius 3 is 2.59 bits per heavy atom. The Hall–Kier alpha value is -0.260. The number of hydrogen-bond donors (Lipinski definition) is 2. The number of halogens is 1. The molecule has 98 valence electrons. The Morgan fingerprint density at radius 2 is 2.12 bits per heavy atom. The zero-order valence-corrected chi connectivity index (χ0v) is 13.0. The number of nitrogens with zero attached hydrogens (tertiary/aromatic N) is 1. The normalized spacial score (nSPS) is 21.4. The van der Waals surface area contributed by atoms with Gasteiger partial charge in [-0.2, -0.15) is 0 Å². The van der Waals surface area contributed by atoms with Crippen LogP contribution in [0.15, 0.2) is 17.6 Å². The summed E-state index contributed by atoms with van der Waals surface area (Å²) in [6.07, 6.45) is 7.52. The summed E-state index contributed by atoms with van der Waals surface area (Å²) in [5, 5.41) is 6.52. The molecule has 2 fully saturated rings. The predicted octanol–water partition coefficient (Wildman–Crippen LogP) is 2.54. The van der Waals surface area contributed by atoms with Crippen LogP contribution in [0.1, 0.15) is 32.6 Å². The summed E-state index contributed by atoms with van der Waals surface area (Å²) in [7, 11) is 0. The van der Waals surface area contributed by atoms with E-state index in [1.807, 2.05) is 6.08 Å². The van der Waals surface area contributed by atoms with Crippen LogP contribution in [0.4, 0.5) is 0 Å². The first-order valence-corrected chi connectivity index (χ1v) is 6.44. The first-order valence-electron chi connectivity index (χ1n) is 6.44. The van der Waals surface area contributed by atoms with E-state index in [-0.39, 0.29) is 24.0 Å². The molecule has 2 N–H and O–H groups in total. The molecular formula is C13H24IN3. The van der Waals surface area contributed by atoms with Gasteiger partial charge in [-0.15, -0.1) is 30.6 Å². The van der Waals surface area contributed by atoms with Crippen molar-refractivity contribution in [3.63, 3.8) is 0 Å². The zero-order chi connectivity index (χ0) is 11.4. The van der Waals surface area contributed by atoms with Crippen molar-refractivity contribution in [3.05, 3.63) is 12.7 Å². The molecule has 2 aliphatic carbocycles. The SMILES string of the molecule is C=CCNC(=NCC1(C2CC2)CC1)NCC.I. The van der Waals surface area contributed by atoms with Gasteiger partial charge in [-0.3, -0.25) is 4.99 Å². The van der Waals surface area contributed by atoms with Crippen LogP contribution in [-0.2, 0) is 0 Å². The van der Waals surface area contributed by atoms with E-state index in [2.05, 4.69) is 24.1 Å². The Labute approximate surface area is 122 Å². The third kappa shape index (κ3) is 4.16. The molecule has 0 radical (unpaired) electrons. The van der Waals surface area contributed by atoms with Crippen molar-refractivity contribution in [3.8, 4) is 0 Å². The molecule has 0 unspecified atom stereocenters. The van der Waals surface area contributed by atoms with Crippen molar-refractivity contribution >= 4 is 29.9 Å². The van der Waals surface area contributed by atoms with E-state index < -0.39 is 0 Å². The Bertz CT molecular complexity index is 280. The largest absolute Gasteiger partial charge is 0.357 e. The van der Waals surface area contributed by atoms with Crippen LogP contribution in [0.3, 0.4) is 0 Å². The molecule has 2 rings (SSSR count). The van der Waals surface area contributed by atoms with Gasteiger partial charge in [0.2, 0.25) is 0 Å². The van der Waals surface area contributed by atoms with E-state index in [9.17, 15) is 0 Å². The van der Waals surface area contributed by atoms with Crippen LogP contribution in [0, 0.1) is 11.3 Å². The molecule has 0 amide bonds. The molecule has 17 heavy (non-hydrogen) atoms. The van der Waals surface area contributed by atoms with Gasteiger partial charge >= 0.3 is 0 Å². The molecule has 0 heterocycles. The van der Waals surface area contributed by atoms with Gasteiger partial charge in [-0.25, -0.2) is 0 Å². The van der Waals surface area contributed by atoms with Gasteiger partial charge in [0.1, 0.15) is 0 Å². The highest BCUT2D eigenvalue weighted by atomic mass is 127. The molecule has 0 bridgehead atoms. The lowest BCUT2D eigenvalue weighted by molar-refractivity contribution is 0.452. The first-order chi connectivity index (χ1) is 7.80. The molecule has 0 saturated heterocycles. The van der Waals surface area contributed by atoms with Crippen LogP contribution in [0.5, 0.6) is 0 Å². The molecule has 2 aliphatic rings. The van der Waals surface area contributed by atoms with Crippen molar-refractivity contribution in [1.29, 1.82) is 0 Å². The molecule has 0 aromatic heterocycles. The van der Waals surface area contributed by atoms with Gasteiger partial charge < -0.3 is 10.6 Å². The average Bonchev–Trinajstić information content (AvgIpc) is 3.15. The number of rotatable bonds is 6. The van der Waals surface area contributed by atoms with Gasteiger partial charge in [-0.1, -0.05) is 6.08 Å². The molecule has 0 aromatic rings. The Balaban J connectivity index is 0.00000144. The van der Waals surface area contributed by atoms with Crippen molar-refractivity contribution in [2.75, 3.05) is 19.6 Å². The summed E-state index contributed by atoms with van der Waals surface area (Å²) in [5.41, 5.74) is 0.594. The lowest BCUT2D eigenvalue weighted by atomic mass is 10.0. The highest BCUT2D eigenvalue weighted by Crippen LogP contribution is 2.61. The summed E-state index contributed by atoms with van der Waals surface area (Å²) in [6, 6.07) is 0. The summed E-state index contributed by atoms with van der Waals surface area (Å²) >= 11 is 0. The average molecular weight is 349 g/mol. The van der Waals surface area contributed by atoms with Crippen molar-refractivity contribution < 1.29 is 0 Å². The maximum absolute atomic E-state index is 4.69. The third-order valence-corrected chi connectivity index (χ3v) is 3.65. The van der Waals surface area contributed by atoms with E-state index in [1.54, 1.807) is 0 Å². The minimum Gasteiger partial charge on any atom is -0.357 e. The second-order valence-electron chi connectivity index (χ2n) is 5.00. The van der Waals surface area contributed by atoms with Gasteiger partial charge in [-0.05, 0) is 43.9 Å². The molecule has 0 atom stereocenters. The van der Waals surface area contributed by atoms with Gasteiger partial charge in [0, 0.05) is 19.6 Å². The predicted molar refractivity (Wildman–Crippen MR) is 84.0 cm³/mol. The maximum atomic E-state index is 4.69. The minimum atomic E-state index is 0. The van der Waals surface area contributed by atoms with Crippen molar-refractivity contribution in [1.82, 2.24) is 10.6 Å². The third-order valence-electron chi connectivity index (χ3n) is 3.65. The lowest BCUT2D eigenvalue weighted by Gasteiger charge is -2.13. The highest BCUT2D eigenvalue weighted by Gasteiger charge is 2.53. The quantitative estimate of drug-likeness (QED) is 0.335. The fraction of sp³-hybridized carbons (Fsp3) is 0.769. The maximum Gasteiger partial charge on any atom is 0.191 e. The molecule has 4 heteroatoms. The van der Waals surface area contributed by atoms with E-state index in [1.165, 1.54) is 25.7 Å². The monoisotopic (exact) mass is 349 g/mol. The van der Waals surface area contributed by atoms with E-state index in [0.29, 0.717) is 5.41 Å². The molecular weight excluding hydrogens is 325 g/mol. The van der Waals surface area contributed by atoms with Gasteiger partial charge in [0.15, 0.2) is 5.96 Å². The van der Waals surface area contributed by atoms with Crippen LogP contribution < -0.4 is 10.6 Å². The zero-order valence-electron chi connectivity index (χ0n) is 10.7. The van der Waals surface area contributed by atoms with Crippen LogP contribution in [0.2, 0.25) is 0 Å². The molecule has 3 nitrogen and oxygen atoms in total. The summed E-state index contributed by atoms with van der Waals surface area (Å²) in [6.45, 7) is 8.50. The minimum absolute atomic E-state index is 0. The molecule has 0 aromatic carbocycles. The highest BCUT2D eigenvalue weighted by molar-refractivity contribution is 14.0. The topological polar surface area (TPSA) is 36.4 Å². The van der Waals surface area contributed by atoms with E-state index in [0.717, 1.165) is 31.5 Å². The number of guanidine groups is 1. The summed E-state index contributed by atoms with van der Waals surface area (Å²) in [4.78, 5) is 4.69. The van der Waals surface area contributed by atoms with Crippen molar-refractivity contribution in [2.45, 2.75) is 32.6 Å². The van der Waals surface area contributed by atoms with Crippen LogP contribution in [0.25, 0.3) is 0 Å². The number of aliphatic imine (C=N–C) groups is 1. The molecule has 2 saturated carbocycles. The molecule has 0 spiro atoms. The van der Waals surface area contributed by atoms with Crippen LogP contribution in [-0.4, -0.2) is 25.6 Å². The fourth-order valence-corrected chi connectivity index (χ4v) is 2.30. The standard InChI is InChI=1S/C13H23N3.HI/c1-3-9-15-12(14-4-2)16-10-13(7-8-13)11-5-6-11;/h3,11H,1,4-10H2,2H3,(H2,14,15,16);1H. The number of hydrogen-bond acceptors (Lipinski definition) is 1. The van der Waals surface area contributed by atoms with E-state index >= 15 is 0 Å². The molecule has 0 aliphatic heterocycles. The summed E-state index contributed by atoms with van der Waals surface area (Å²) < 4.78 is 0. The van der Waals surface area contributed by atoms with Gasteiger partial charge in [0.05, 0.1) is 0 Å². The van der Waals surface area contributed by atoms with E-state index in [4.69, 9.17) is 4.99 Å². The van der Waals surface area contributed by atoms with Crippen LogP contribution >= 0.6 is 24.0 Å². The second kappa shape index (κ2) is 6.61.